The van der Waals surface area contributed by atoms with E-state index in [0.717, 1.165) is 40.4 Å². The summed E-state index contributed by atoms with van der Waals surface area (Å²) >= 11 is 1.53. The highest BCUT2D eigenvalue weighted by atomic mass is 32.1. The third-order valence-electron chi connectivity index (χ3n) is 5.24. The van der Waals surface area contributed by atoms with Gasteiger partial charge in [0.1, 0.15) is 16.2 Å². The summed E-state index contributed by atoms with van der Waals surface area (Å²) in [5.41, 5.74) is 4.88. The van der Waals surface area contributed by atoms with Gasteiger partial charge >= 0.3 is 5.69 Å². The topological polar surface area (TPSA) is 122 Å². The molecule has 3 heterocycles. The lowest BCUT2D eigenvalue weighted by Crippen LogP contribution is -2.42. The number of rotatable bonds is 3. The van der Waals surface area contributed by atoms with Crippen LogP contribution in [0.5, 0.6) is 0 Å². The summed E-state index contributed by atoms with van der Waals surface area (Å²) in [6.45, 7) is -0.371. The second kappa shape index (κ2) is 6.55. The number of thiophene rings is 1. The Morgan fingerprint density at radius 3 is 2.61 bits per heavy atom. The molecule has 0 aliphatic heterocycles. The van der Waals surface area contributed by atoms with E-state index in [4.69, 9.17) is 5.73 Å². The van der Waals surface area contributed by atoms with Crippen molar-refractivity contribution < 1.29 is 4.79 Å². The molecule has 0 atom stereocenters. The Morgan fingerprint density at radius 1 is 1.14 bits per heavy atom. The largest absolute Gasteiger partial charge is 0.384 e. The summed E-state index contributed by atoms with van der Waals surface area (Å²) in [7, 11) is 2.66. The van der Waals surface area contributed by atoms with Gasteiger partial charge in [0.25, 0.3) is 11.1 Å². The molecular weight excluding hydrogens is 382 g/mol. The van der Waals surface area contributed by atoms with Gasteiger partial charge in [0.05, 0.1) is 18.3 Å². The molecule has 2 N–H and O–H groups in total. The normalized spacial score (nSPS) is 13.6. The molecule has 0 amide bonds. The molecule has 4 rings (SSSR count). The maximum Gasteiger partial charge on any atom is 0.332 e. The number of hydrogen-bond donors (Lipinski definition) is 1. The van der Waals surface area contributed by atoms with E-state index in [2.05, 4.69) is 4.98 Å². The van der Waals surface area contributed by atoms with E-state index in [1.54, 1.807) is 0 Å². The molecule has 146 valence electrons. The van der Waals surface area contributed by atoms with Crippen LogP contribution in [0.1, 0.15) is 33.6 Å². The molecule has 0 fully saturated rings. The molecule has 28 heavy (non-hydrogen) atoms. The molecule has 3 aromatic heterocycles. The number of fused-ring (bicyclic) bond motifs is 3. The number of nitrogens with two attached hydrogens (primary N) is 1. The van der Waals surface area contributed by atoms with E-state index in [1.807, 2.05) is 0 Å². The molecule has 0 radical (unpaired) electrons. The van der Waals surface area contributed by atoms with Gasteiger partial charge in [-0.1, -0.05) is 0 Å². The van der Waals surface area contributed by atoms with Gasteiger partial charge < -0.3 is 5.73 Å². The Hall–Kier alpha value is -3.01. The quantitative estimate of drug-likeness (QED) is 0.626. The number of aromatic nitrogens is 4. The maximum absolute atomic E-state index is 13.0. The first-order chi connectivity index (χ1) is 13.3. The van der Waals surface area contributed by atoms with Crippen LogP contribution < -0.4 is 22.5 Å². The van der Waals surface area contributed by atoms with Crippen LogP contribution >= 0.6 is 11.3 Å². The Morgan fingerprint density at radius 2 is 1.86 bits per heavy atom. The lowest BCUT2D eigenvalue weighted by molar-refractivity contribution is 0.0968. The van der Waals surface area contributed by atoms with Gasteiger partial charge in [0, 0.05) is 19.0 Å². The average molecular weight is 401 g/mol. The van der Waals surface area contributed by atoms with Crippen LogP contribution in [0, 0.1) is 0 Å². The van der Waals surface area contributed by atoms with Gasteiger partial charge in [-0.05, 0) is 31.2 Å². The minimum atomic E-state index is -0.777. The molecule has 0 spiro atoms. The SMILES string of the molecule is Cn1c(N)c(C(=O)Cn2cnc3sc4c(c3c2=O)CCCC4)c(=O)n(C)c1=O. The van der Waals surface area contributed by atoms with Gasteiger partial charge in [-0.3, -0.25) is 28.1 Å². The summed E-state index contributed by atoms with van der Waals surface area (Å²) < 4.78 is 3.06. The van der Waals surface area contributed by atoms with Crippen molar-refractivity contribution >= 4 is 33.2 Å². The second-order valence-corrected chi connectivity index (χ2v) is 8.04. The van der Waals surface area contributed by atoms with Gasteiger partial charge in [-0.2, -0.15) is 0 Å². The van der Waals surface area contributed by atoms with Crippen molar-refractivity contribution in [2.75, 3.05) is 5.73 Å². The van der Waals surface area contributed by atoms with Crippen molar-refractivity contribution in [2.45, 2.75) is 32.2 Å². The fourth-order valence-electron chi connectivity index (χ4n) is 3.65. The van der Waals surface area contributed by atoms with Gasteiger partial charge in [0.2, 0.25) is 0 Å². The second-order valence-electron chi connectivity index (χ2n) is 6.96. The Kier molecular flexibility index (Phi) is 4.30. The van der Waals surface area contributed by atoms with Crippen molar-refractivity contribution in [1.82, 2.24) is 18.7 Å². The van der Waals surface area contributed by atoms with E-state index in [9.17, 15) is 19.2 Å². The first-order valence-electron chi connectivity index (χ1n) is 8.89. The van der Waals surface area contributed by atoms with E-state index in [1.165, 1.54) is 41.2 Å². The van der Waals surface area contributed by atoms with Crippen LogP contribution in [0.25, 0.3) is 10.2 Å². The van der Waals surface area contributed by atoms with Crippen LogP contribution in [0.2, 0.25) is 0 Å². The molecular formula is C18H19N5O4S. The summed E-state index contributed by atoms with van der Waals surface area (Å²) in [6, 6.07) is 0. The zero-order valence-corrected chi connectivity index (χ0v) is 16.3. The summed E-state index contributed by atoms with van der Waals surface area (Å²) in [6.07, 6.45) is 5.23. The van der Waals surface area contributed by atoms with Crippen LogP contribution in [-0.4, -0.2) is 24.5 Å². The molecule has 0 unspecified atom stereocenters. The van der Waals surface area contributed by atoms with Crippen LogP contribution in [0.15, 0.2) is 20.7 Å². The molecule has 0 aromatic carbocycles. The van der Waals surface area contributed by atoms with E-state index in [-0.39, 0.29) is 23.5 Å². The Labute approximate surface area is 162 Å². The fourth-order valence-corrected chi connectivity index (χ4v) is 4.87. The van der Waals surface area contributed by atoms with Gasteiger partial charge in [-0.15, -0.1) is 11.3 Å². The number of ketones is 1. The van der Waals surface area contributed by atoms with E-state index < -0.39 is 17.0 Å². The molecule has 1 aliphatic rings. The average Bonchev–Trinajstić information content (AvgIpc) is 3.06. The maximum atomic E-state index is 13.0. The fraction of sp³-hybridized carbons (Fsp3) is 0.389. The van der Waals surface area contributed by atoms with Crippen molar-refractivity contribution in [3.8, 4) is 0 Å². The predicted octanol–water partition coefficient (Wildman–Crippen LogP) is 0.199. The summed E-state index contributed by atoms with van der Waals surface area (Å²) in [4.78, 5) is 56.3. The lowest BCUT2D eigenvalue weighted by Gasteiger charge is -2.12. The highest BCUT2D eigenvalue weighted by Gasteiger charge is 2.23. The number of aryl methyl sites for hydroxylation is 2. The minimum absolute atomic E-state index is 0.215. The van der Waals surface area contributed by atoms with Crippen LogP contribution in [0.3, 0.4) is 0 Å². The van der Waals surface area contributed by atoms with Crippen molar-refractivity contribution in [1.29, 1.82) is 0 Å². The van der Waals surface area contributed by atoms with E-state index >= 15 is 0 Å². The number of nitrogens with zero attached hydrogens (tertiary/aromatic N) is 4. The number of nitrogen functional groups attached to an aromatic ring is 1. The highest BCUT2D eigenvalue weighted by molar-refractivity contribution is 7.18. The van der Waals surface area contributed by atoms with Crippen molar-refractivity contribution in [2.24, 2.45) is 14.1 Å². The zero-order valence-electron chi connectivity index (χ0n) is 15.5. The number of carbonyl (C=O) groups excluding carboxylic acids is 1. The minimum Gasteiger partial charge on any atom is -0.384 e. The highest BCUT2D eigenvalue weighted by Crippen LogP contribution is 2.33. The first-order valence-corrected chi connectivity index (χ1v) is 9.71. The molecule has 0 bridgehead atoms. The number of anilines is 1. The smallest absolute Gasteiger partial charge is 0.332 e. The Bertz CT molecular complexity index is 1310. The van der Waals surface area contributed by atoms with E-state index in [0.29, 0.717) is 10.2 Å². The predicted molar refractivity (Wildman–Crippen MR) is 106 cm³/mol. The molecule has 9 nitrogen and oxygen atoms in total. The molecule has 10 heteroatoms. The van der Waals surface area contributed by atoms with Gasteiger partial charge in [0.15, 0.2) is 5.78 Å². The molecule has 3 aromatic rings. The third kappa shape index (κ3) is 2.63. The molecule has 0 saturated heterocycles. The first kappa shape index (κ1) is 18.4. The zero-order chi connectivity index (χ0) is 20.2. The molecule has 0 saturated carbocycles. The number of Topliss-reactive ketones (excluding diaryl/α,β-unsaturated/α-hetero) is 1. The molecule has 1 aliphatic carbocycles. The van der Waals surface area contributed by atoms with Crippen LogP contribution in [-0.2, 0) is 33.5 Å². The monoisotopic (exact) mass is 401 g/mol. The standard InChI is InChI=1S/C18H19N5O4S/c1-21-14(19)13(16(25)22(2)18(21)27)10(24)7-23-8-20-15-12(17(23)26)9-5-3-4-6-11(9)28-15/h8H,3-7,19H2,1-2H3. The van der Waals surface area contributed by atoms with Crippen molar-refractivity contribution in [3.63, 3.8) is 0 Å². The third-order valence-corrected chi connectivity index (χ3v) is 6.44. The van der Waals surface area contributed by atoms with Gasteiger partial charge in [-0.25, -0.2) is 9.78 Å². The Balaban J connectivity index is 1.81. The number of carbonyl (C=O) groups is 1. The summed E-state index contributed by atoms with van der Waals surface area (Å²) in [5, 5.41) is 0.566. The van der Waals surface area contributed by atoms with Crippen LogP contribution in [0.4, 0.5) is 5.82 Å². The number of hydrogen-bond acceptors (Lipinski definition) is 7. The summed E-state index contributed by atoms with van der Waals surface area (Å²) in [5.74, 6) is -0.853. The lowest BCUT2D eigenvalue weighted by atomic mass is 9.97. The van der Waals surface area contributed by atoms with Crippen molar-refractivity contribution in [3.05, 3.63) is 53.5 Å².